The zero-order valence-electron chi connectivity index (χ0n) is 9.23. The smallest absolute Gasteiger partial charge is 0.400 e. The van der Waals surface area contributed by atoms with Gasteiger partial charge in [0, 0.05) is 0 Å². The molecule has 0 radical (unpaired) electrons. The zero-order chi connectivity index (χ0) is 12.1. The number of carbonyl (C=O) groups excluding carboxylic acids is 1. The van der Waals surface area contributed by atoms with Gasteiger partial charge in [0.2, 0.25) is 0 Å². The summed E-state index contributed by atoms with van der Waals surface area (Å²) in [4.78, 5) is 19.6. The van der Waals surface area contributed by atoms with Crippen LogP contribution in [0.5, 0.6) is 0 Å². The van der Waals surface area contributed by atoms with Crippen LogP contribution in [0.15, 0.2) is 0 Å². The van der Waals surface area contributed by atoms with Crippen molar-refractivity contribution in [3.8, 4) is 0 Å². The van der Waals surface area contributed by atoms with Crippen LogP contribution >= 0.6 is 7.75 Å². The Bertz CT molecular complexity index is 254. The number of rotatable bonds is 5. The van der Waals surface area contributed by atoms with Crippen molar-refractivity contribution in [3.63, 3.8) is 0 Å². The van der Waals surface area contributed by atoms with Gasteiger partial charge in [-0.25, -0.2) is 10.1 Å². The van der Waals surface area contributed by atoms with Crippen LogP contribution in [0.1, 0.15) is 27.2 Å². The molecule has 0 aliphatic heterocycles. The highest BCUT2D eigenvalue weighted by Crippen LogP contribution is 2.30. The first-order valence-corrected chi connectivity index (χ1v) is 6.16. The molecular weight excluding hydrogens is 221 g/mol. The standard InChI is InChI=1S/C8H18NO5P/c1-8(2,3)6-13-7(10)4-5-14-15(9,11)12/h4-6H2,1-3H3,(H3,9,11,12). The van der Waals surface area contributed by atoms with E-state index in [0.717, 1.165) is 0 Å². The van der Waals surface area contributed by atoms with E-state index in [-0.39, 0.29) is 18.4 Å². The van der Waals surface area contributed by atoms with E-state index < -0.39 is 13.7 Å². The molecule has 0 saturated heterocycles. The molecule has 7 heteroatoms. The van der Waals surface area contributed by atoms with Gasteiger partial charge in [-0.1, -0.05) is 20.8 Å². The molecule has 0 aromatic heterocycles. The fourth-order valence-corrected chi connectivity index (χ4v) is 0.982. The van der Waals surface area contributed by atoms with Gasteiger partial charge in [0.15, 0.2) is 0 Å². The summed E-state index contributed by atoms with van der Waals surface area (Å²) >= 11 is 0. The fourth-order valence-electron chi connectivity index (χ4n) is 0.629. The predicted octanol–water partition coefficient (Wildman–Crippen LogP) is 1.04. The molecule has 1 unspecified atom stereocenters. The topological polar surface area (TPSA) is 98.9 Å². The molecule has 15 heavy (non-hydrogen) atoms. The molecule has 0 aliphatic rings. The Labute approximate surface area is 89.3 Å². The average Bonchev–Trinajstić information content (AvgIpc) is 1.97. The minimum absolute atomic E-state index is 0.0855. The lowest BCUT2D eigenvalue weighted by molar-refractivity contribution is -0.146. The number of hydrogen-bond acceptors (Lipinski definition) is 4. The summed E-state index contributed by atoms with van der Waals surface area (Å²) in [5.41, 5.74) is 4.60. The second kappa shape index (κ2) is 5.61. The van der Waals surface area contributed by atoms with E-state index in [1.807, 2.05) is 20.8 Å². The molecule has 0 amide bonds. The Morgan fingerprint density at radius 3 is 2.40 bits per heavy atom. The lowest BCUT2D eigenvalue weighted by Gasteiger charge is -2.17. The van der Waals surface area contributed by atoms with E-state index >= 15 is 0 Å². The zero-order valence-corrected chi connectivity index (χ0v) is 10.1. The molecule has 0 spiro atoms. The summed E-state index contributed by atoms with van der Waals surface area (Å²) in [6.07, 6.45) is -0.0855. The van der Waals surface area contributed by atoms with Gasteiger partial charge >= 0.3 is 13.7 Å². The maximum Gasteiger partial charge on any atom is 0.400 e. The maximum atomic E-state index is 11.1. The first kappa shape index (κ1) is 14.6. The third-order valence-electron chi connectivity index (χ3n) is 1.25. The lowest BCUT2D eigenvalue weighted by Crippen LogP contribution is -2.19. The summed E-state index contributed by atoms with van der Waals surface area (Å²) in [5.74, 6) is -0.474. The van der Waals surface area contributed by atoms with Gasteiger partial charge in [0.25, 0.3) is 0 Å². The Hall–Kier alpha value is -0.420. The van der Waals surface area contributed by atoms with Crippen LogP contribution in [0.25, 0.3) is 0 Å². The quantitative estimate of drug-likeness (QED) is 0.549. The van der Waals surface area contributed by atoms with Gasteiger partial charge in [-0.3, -0.25) is 9.32 Å². The largest absolute Gasteiger partial charge is 0.465 e. The van der Waals surface area contributed by atoms with Gasteiger partial charge in [-0.15, -0.1) is 0 Å². The molecule has 0 aromatic carbocycles. The van der Waals surface area contributed by atoms with E-state index in [2.05, 4.69) is 4.52 Å². The van der Waals surface area contributed by atoms with E-state index in [9.17, 15) is 9.36 Å². The van der Waals surface area contributed by atoms with Crippen LogP contribution in [-0.2, 0) is 18.6 Å². The van der Waals surface area contributed by atoms with Crippen LogP contribution in [0.2, 0.25) is 0 Å². The first-order valence-electron chi connectivity index (χ1n) is 4.52. The van der Waals surface area contributed by atoms with Crippen molar-refractivity contribution in [2.45, 2.75) is 27.2 Å². The van der Waals surface area contributed by atoms with Crippen molar-refractivity contribution >= 4 is 13.7 Å². The second-order valence-corrected chi connectivity index (χ2v) is 5.76. The maximum absolute atomic E-state index is 11.1. The summed E-state index contributed by atoms with van der Waals surface area (Å²) in [6, 6.07) is 0. The normalized spacial score (nSPS) is 15.8. The number of nitrogens with two attached hydrogens (primary N) is 1. The van der Waals surface area contributed by atoms with E-state index in [0.29, 0.717) is 6.61 Å². The number of carbonyl (C=O) groups is 1. The van der Waals surface area contributed by atoms with Gasteiger partial charge in [0.05, 0.1) is 19.6 Å². The predicted molar refractivity (Wildman–Crippen MR) is 55.0 cm³/mol. The SMILES string of the molecule is CC(C)(C)COC(=O)CCOP(N)(=O)O. The Kier molecular flexibility index (Phi) is 5.45. The van der Waals surface area contributed by atoms with Crippen molar-refractivity contribution in [1.29, 1.82) is 0 Å². The highest BCUT2D eigenvalue weighted by Gasteiger charge is 2.15. The molecular formula is C8H18NO5P. The minimum Gasteiger partial charge on any atom is -0.465 e. The molecule has 0 bridgehead atoms. The summed E-state index contributed by atoms with van der Waals surface area (Å²) in [6.45, 7) is 5.87. The summed E-state index contributed by atoms with van der Waals surface area (Å²) in [7, 11) is -3.98. The van der Waals surface area contributed by atoms with Crippen molar-refractivity contribution < 1.29 is 23.5 Å². The molecule has 0 heterocycles. The van der Waals surface area contributed by atoms with Crippen LogP contribution < -0.4 is 5.50 Å². The third kappa shape index (κ3) is 11.5. The monoisotopic (exact) mass is 239 g/mol. The van der Waals surface area contributed by atoms with E-state index in [1.165, 1.54) is 0 Å². The highest BCUT2D eigenvalue weighted by atomic mass is 31.2. The van der Waals surface area contributed by atoms with Crippen molar-refractivity contribution in [1.82, 2.24) is 0 Å². The molecule has 0 rings (SSSR count). The number of ether oxygens (including phenoxy) is 1. The Morgan fingerprint density at radius 1 is 1.47 bits per heavy atom. The molecule has 0 aliphatic carbocycles. The molecule has 1 atom stereocenters. The average molecular weight is 239 g/mol. The van der Waals surface area contributed by atoms with Crippen molar-refractivity contribution in [2.24, 2.45) is 10.9 Å². The second-order valence-electron chi connectivity index (χ2n) is 4.37. The molecule has 90 valence electrons. The van der Waals surface area contributed by atoms with Crippen LogP contribution in [-0.4, -0.2) is 24.1 Å². The molecule has 6 nitrogen and oxygen atoms in total. The number of esters is 1. The van der Waals surface area contributed by atoms with Crippen LogP contribution in [0.3, 0.4) is 0 Å². The minimum atomic E-state index is -3.98. The fraction of sp³-hybridized carbons (Fsp3) is 0.875. The molecule has 0 fully saturated rings. The van der Waals surface area contributed by atoms with E-state index in [1.54, 1.807) is 0 Å². The van der Waals surface area contributed by atoms with Gasteiger partial charge in [0.1, 0.15) is 0 Å². The van der Waals surface area contributed by atoms with Gasteiger partial charge in [-0.05, 0) is 5.41 Å². The first-order chi connectivity index (χ1) is 6.60. The Balaban J connectivity index is 3.64. The van der Waals surface area contributed by atoms with Crippen molar-refractivity contribution in [3.05, 3.63) is 0 Å². The van der Waals surface area contributed by atoms with E-state index in [4.69, 9.17) is 15.1 Å². The van der Waals surface area contributed by atoms with Gasteiger partial charge < -0.3 is 9.63 Å². The van der Waals surface area contributed by atoms with Crippen LogP contribution in [0.4, 0.5) is 0 Å². The van der Waals surface area contributed by atoms with Crippen molar-refractivity contribution in [2.75, 3.05) is 13.2 Å². The molecule has 3 N–H and O–H groups in total. The molecule has 0 aromatic rings. The van der Waals surface area contributed by atoms with Gasteiger partial charge in [-0.2, -0.15) is 0 Å². The summed E-state index contributed by atoms with van der Waals surface area (Å²) in [5, 5.41) is 0. The Morgan fingerprint density at radius 2 is 2.00 bits per heavy atom. The van der Waals surface area contributed by atoms with Crippen LogP contribution in [0, 0.1) is 5.41 Å². The summed E-state index contributed by atoms with van der Waals surface area (Å²) < 4.78 is 19.7. The molecule has 0 saturated carbocycles. The third-order valence-corrected chi connectivity index (χ3v) is 1.80. The number of hydrogen-bond donors (Lipinski definition) is 2. The lowest BCUT2D eigenvalue weighted by atomic mass is 9.99. The highest BCUT2D eigenvalue weighted by molar-refractivity contribution is 7.50.